The highest BCUT2D eigenvalue weighted by Gasteiger charge is 2.24. The third-order valence-electron chi connectivity index (χ3n) is 3.50. The van der Waals surface area contributed by atoms with Crippen molar-refractivity contribution < 1.29 is 14.4 Å². The van der Waals surface area contributed by atoms with E-state index in [4.69, 9.17) is 16.1 Å². The molecule has 0 aliphatic rings. The zero-order valence-electron chi connectivity index (χ0n) is 10.8. The van der Waals surface area contributed by atoms with Crippen LogP contribution in [0.5, 0.6) is 0 Å². The lowest BCUT2D eigenvalue weighted by atomic mass is 10.1. The van der Waals surface area contributed by atoms with Crippen molar-refractivity contribution in [1.82, 2.24) is 9.72 Å². The third kappa shape index (κ3) is 1.63. The standard InChI is InChI=1S/C14H11ClN2O3/c1-7-11(13-8(14(18)19)6-16-20-13)12-9(15)4-3-5-10(12)17(7)2/h3-6H,1-2H3,(H,18,19). The molecule has 3 rings (SSSR count). The predicted molar refractivity (Wildman–Crippen MR) is 75.1 cm³/mol. The Labute approximate surface area is 119 Å². The second-order valence-electron chi connectivity index (χ2n) is 4.53. The van der Waals surface area contributed by atoms with Gasteiger partial charge in [-0.3, -0.25) is 0 Å². The molecule has 2 aromatic heterocycles. The summed E-state index contributed by atoms with van der Waals surface area (Å²) in [6.45, 7) is 1.89. The van der Waals surface area contributed by atoms with Gasteiger partial charge in [-0.1, -0.05) is 22.8 Å². The third-order valence-corrected chi connectivity index (χ3v) is 3.81. The minimum atomic E-state index is -1.08. The summed E-state index contributed by atoms with van der Waals surface area (Å²) >= 11 is 6.27. The number of carbonyl (C=O) groups is 1. The maximum atomic E-state index is 11.3. The second-order valence-corrected chi connectivity index (χ2v) is 4.93. The van der Waals surface area contributed by atoms with Gasteiger partial charge in [0.25, 0.3) is 0 Å². The van der Waals surface area contributed by atoms with E-state index in [1.54, 1.807) is 6.07 Å². The molecule has 0 spiro atoms. The van der Waals surface area contributed by atoms with E-state index in [-0.39, 0.29) is 11.3 Å². The Morgan fingerprint density at radius 2 is 2.20 bits per heavy atom. The van der Waals surface area contributed by atoms with E-state index in [0.717, 1.165) is 16.6 Å². The Balaban J connectivity index is 2.45. The summed E-state index contributed by atoms with van der Waals surface area (Å²) in [7, 11) is 1.90. The van der Waals surface area contributed by atoms with E-state index in [2.05, 4.69) is 5.16 Å². The molecule has 102 valence electrons. The number of aryl methyl sites for hydroxylation is 1. The molecule has 1 aromatic carbocycles. The number of fused-ring (bicyclic) bond motifs is 1. The number of carboxylic acid groups (broad SMARTS) is 1. The Hall–Kier alpha value is -2.27. The van der Waals surface area contributed by atoms with Crippen LogP contribution in [0.15, 0.2) is 28.9 Å². The van der Waals surface area contributed by atoms with Gasteiger partial charge in [-0.05, 0) is 19.1 Å². The van der Waals surface area contributed by atoms with Crippen LogP contribution in [0.4, 0.5) is 0 Å². The maximum absolute atomic E-state index is 11.3. The van der Waals surface area contributed by atoms with E-state index in [1.165, 1.54) is 6.20 Å². The minimum absolute atomic E-state index is 0.0283. The van der Waals surface area contributed by atoms with Crippen molar-refractivity contribution in [2.24, 2.45) is 7.05 Å². The molecule has 6 heteroatoms. The Bertz CT molecular complexity index is 832. The highest BCUT2D eigenvalue weighted by molar-refractivity contribution is 6.36. The van der Waals surface area contributed by atoms with Crippen molar-refractivity contribution in [3.8, 4) is 11.3 Å². The molecule has 0 unspecified atom stereocenters. The smallest absolute Gasteiger partial charge is 0.341 e. The number of benzene rings is 1. The van der Waals surface area contributed by atoms with Crippen molar-refractivity contribution >= 4 is 28.5 Å². The van der Waals surface area contributed by atoms with Crippen LogP contribution in [0.3, 0.4) is 0 Å². The fourth-order valence-electron chi connectivity index (χ4n) is 2.42. The molecule has 0 saturated heterocycles. The molecule has 0 bridgehead atoms. The van der Waals surface area contributed by atoms with Crippen LogP contribution in [0.25, 0.3) is 22.2 Å². The lowest BCUT2D eigenvalue weighted by Gasteiger charge is -2.00. The normalized spacial score (nSPS) is 11.2. The molecule has 0 amide bonds. The molecule has 0 radical (unpaired) electrons. The first-order chi connectivity index (χ1) is 9.52. The van der Waals surface area contributed by atoms with Crippen LogP contribution in [0.2, 0.25) is 5.02 Å². The van der Waals surface area contributed by atoms with Crippen LogP contribution in [-0.2, 0) is 7.05 Å². The van der Waals surface area contributed by atoms with Crippen molar-refractivity contribution in [1.29, 1.82) is 0 Å². The molecule has 5 nitrogen and oxygen atoms in total. The maximum Gasteiger partial charge on any atom is 0.341 e. The summed E-state index contributed by atoms with van der Waals surface area (Å²) in [6.07, 6.45) is 1.20. The van der Waals surface area contributed by atoms with Crippen LogP contribution in [0, 0.1) is 6.92 Å². The van der Waals surface area contributed by atoms with Crippen molar-refractivity contribution in [3.63, 3.8) is 0 Å². The van der Waals surface area contributed by atoms with Gasteiger partial charge in [-0.15, -0.1) is 0 Å². The fourth-order valence-corrected chi connectivity index (χ4v) is 2.68. The first kappa shape index (κ1) is 12.7. The highest BCUT2D eigenvalue weighted by atomic mass is 35.5. The number of hydrogen-bond acceptors (Lipinski definition) is 3. The van der Waals surface area contributed by atoms with Crippen LogP contribution >= 0.6 is 11.6 Å². The van der Waals surface area contributed by atoms with Gasteiger partial charge in [0.15, 0.2) is 5.76 Å². The minimum Gasteiger partial charge on any atom is -0.477 e. The Morgan fingerprint density at radius 1 is 1.45 bits per heavy atom. The lowest BCUT2D eigenvalue weighted by molar-refractivity contribution is 0.0697. The van der Waals surface area contributed by atoms with E-state index in [0.29, 0.717) is 10.6 Å². The molecular weight excluding hydrogens is 280 g/mol. The zero-order valence-corrected chi connectivity index (χ0v) is 11.6. The zero-order chi connectivity index (χ0) is 14.4. The van der Waals surface area contributed by atoms with Gasteiger partial charge in [0.1, 0.15) is 5.56 Å². The van der Waals surface area contributed by atoms with E-state index < -0.39 is 5.97 Å². The Kier molecular flexibility index (Phi) is 2.79. The summed E-state index contributed by atoms with van der Waals surface area (Å²) < 4.78 is 7.12. The second kappa shape index (κ2) is 4.38. The van der Waals surface area contributed by atoms with Crippen LogP contribution < -0.4 is 0 Å². The van der Waals surface area contributed by atoms with Crippen molar-refractivity contribution in [2.45, 2.75) is 6.92 Å². The number of aromatic carboxylic acids is 1. The number of hydrogen-bond donors (Lipinski definition) is 1. The number of nitrogens with zero attached hydrogens (tertiary/aromatic N) is 2. The SMILES string of the molecule is Cc1c(-c2oncc2C(=O)O)c2c(Cl)cccc2n1C. The van der Waals surface area contributed by atoms with Gasteiger partial charge in [0.2, 0.25) is 0 Å². The molecular formula is C14H11ClN2O3. The van der Waals surface area contributed by atoms with Crippen molar-refractivity contribution in [2.75, 3.05) is 0 Å². The monoisotopic (exact) mass is 290 g/mol. The highest BCUT2D eigenvalue weighted by Crippen LogP contribution is 2.39. The number of rotatable bonds is 2. The molecule has 0 aliphatic heterocycles. The largest absolute Gasteiger partial charge is 0.477 e. The summed E-state index contributed by atoms with van der Waals surface area (Å²) in [6, 6.07) is 5.55. The molecule has 0 saturated carbocycles. The molecule has 0 atom stereocenters. The van der Waals surface area contributed by atoms with Gasteiger partial charge >= 0.3 is 5.97 Å². The quantitative estimate of drug-likeness (QED) is 0.784. The first-order valence-corrected chi connectivity index (χ1v) is 6.32. The number of halogens is 1. The summed E-state index contributed by atoms with van der Waals surface area (Å²) in [4.78, 5) is 11.3. The first-order valence-electron chi connectivity index (χ1n) is 5.94. The van der Waals surface area contributed by atoms with E-state index >= 15 is 0 Å². The number of aromatic nitrogens is 2. The molecule has 0 fully saturated rings. The van der Waals surface area contributed by atoms with Crippen LogP contribution in [-0.4, -0.2) is 20.8 Å². The fraction of sp³-hybridized carbons (Fsp3) is 0.143. The summed E-state index contributed by atoms with van der Waals surface area (Å²) in [5, 5.41) is 14.1. The van der Waals surface area contributed by atoms with Gasteiger partial charge in [-0.25, -0.2) is 4.79 Å². The average molecular weight is 291 g/mol. The predicted octanol–water partition coefficient (Wildman–Crippen LogP) is 3.49. The average Bonchev–Trinajstić information content (AvgIpc) is 2.97. The van der Waals surface area contributed by atoms with Gasteiger partial charge in [0.05, 0.1) is 22.3 Å². The Morgan fingerprint density at radius 3 is 2.90 bits per heavy atom. The van der Waals surface area contributed by atoms with Gasteiger partial charge in [0, 0.05) is 18.1 Å². The summed E-state index contributed by atoms with van der Waals surface area (Å²) in [5.74, 6) is -0.849. The molecule has 1 N–H and O–H groups in total. The molecule has 3 aromatic rings. The van der Waals surface area contributed by atoms with Gasteiger partial charge in [-0.2, -0.15) is 0 Å². The van der Waals surface area contributed by atoms with Gasteiger partial charge < -0.3 is 14.2 Å². The lowest BCUT2D eigenvalue weighted by Crippen LogP contribution is -1.97. The van der Waals surface area contributed by atoms with E-state index in [1.807, 2.05) is 30.7 Å². The molecule has 0 aliphatic carbocycles. The van der Waals surface area contributed by atoms with Crippen LogP contribution in [0.1, 0.15) is 16.1 Å². The molecule has 2 heterocycles. The molecule has 20 heavy (non-hydrogen) atoms. The topological polar surface area (TPSA) is 68.3 Å². The van der Waals surface area contributed by atoms with E-state index in [9.17, 15) is 9.90 Å². The van der Waals surface area contributed by atoms with Crippen molar-refractivity contribution in [3.05, 3.63) is 40.7 Å². The summed E-state index contributed by atoms with van der Waals surface area (Å²) in [5.41, 5.74) is 2.48. The number of carboxylic acids is 1.